The molecule has 2 heterocycles. The first-order valence-corrected chi connectivity index (χ1v) is 15.8. The number of nitrogens with zero attached hydrogens (tertiary/aromatic N) is 5. The highest BCUT2D eigenvalue weighted by molar-refractivity contribution is 7.99. The summed E-state index contributed by atoms with van der Waals surface area (Å²) in [6.45, 7) is 7.08. The molecular formula is C28H38N6O4S2. The van der Waals surface area contributed by atoms with Crippen molar-refractivity contribution in [1.29, 1.82) is 0 Å². The average molecular weight is 587 g/mol. The Kier molecular flexibility index (Phi) is 10.0. The van der Waals surface area contributed by atoms with Gasteiger partial charge in [0.15, 0.2) is 11.0 Å². The van der Waals surface area contributed by atoms with Crippen LogP contribution in [-0.2, 0) is 26.1 Å². The molecule has 3 aromatic rings. The number of thioether (sulfide) groups is 1. The number of anilines is 1. The molecule has 2 aromatic carbocycles. The highest BCUT2D eigenvalue weighted by atomic mass is 32.2. The van der Waals surface area contributed by atoms with Crippen LogP contribution in [0.25, 0.3) is 0 Å². The molecule has 0 unspecified atom stereocenters. The monoisotopic (exact) mass is 586 g/mol. The second-order valence-electron chi connectivity index (χ2n) is 10.2. The lowest BCUT2D eigenvalue weighted by Gasteiger charge is -2.34. The van der Waals surface area contributed by atoms with Crippen molar-refractivity contribution in [2.24, 2.45) is 0 Å². The summed E-state index contributed by atoms with van der Waals surface area (Å²) in [5.41, 5.74) is 1.65. The number of morpholine rings is 1. The summed E-state index contributed by atoms with van der Waals surface area (Å²) in [6, 6.07) is 16.5. The third kappa shape index (κ3) is 7.29. The van der Waals surface area contributed by atoms with Gasteiger partial charge in [0.1, 0.15) is 0 Å². The average Bonchev–Trinajstić information content (AvgIpc) is 3.29. The predicted molar refractivity (Wildman–Crippen MR) is 157 cm³/mol. The zero-order valence-electron chi connectivity index (χ0n) is 23.6. The van der Waals surface area contributed by atoms with Crippen LogP contribution in [0.4, 0.5) is 5.69 Å². The molecule has 0 saturated carbocycles. The molecule has 10 nitrogen and oxygen atoms in total. The topological polar surface area (TPSA) is 110 Å². The number of benzene rings is 2. The van der Waals surface area contributed by atoms with Crippen LogP contribution in [0.3, 0.4) is 0 Å². The molecule has 0 bridgehead atoms. The van der Waals surface area contributed by atoms with Gasteiger partial charge in [-0.2, -0.15) is 4.31 Å². The van der Waals surface area contributed by atoms with Gasteiger partial charge in [-0.05, 0) is 64.2 Å². The minimum Gasteiger partial charge on any atom is -0.373 e. The van der Waals surface area contributed by atoms with Crippen molar-refractivity contribution < 1.29 is 17.9 Å². The number of nitrogens with one attached hydrogen (secondary N) is 1. The van der Waals surface area contributed by atoms with E-state index in [1.54, 1.807) is 12.1 Å². The van der Waals surface area contributed by atoms with Crippen molar-refractivity contribution in [3.05, 3.63) is 66.0 Å². The summed E-state index contributed by atoms with van der Waals surface area (Å²) in [4.78, 5) is 15.1. The first-order valence-electron chi connectivity index (χ1n) is 13.4. The number of carbonyl (C=O) groups is 1. The molecule has 0 aliphatic carbocycles. The summed E-state index contributed by atoms with van der Waals surface area (Å²) in [7, 11) is 0.396. The lowest BCUT2D eigenvalue weighted by molar-refractivity contribution is -0.113. The Morgan fingerprint density at radius 2 is 1.73 bits per heavy atom. The van der Waals surface area contributed by atoms with Crippen LogP contribution in [0, 0.1) is 0 Å². The third-order valence-corrected chi connectivity index (χ3v) is 9.54. The van der Waals surface area contributed by atoms with Crippen LogP contribution >= 0.6 is 11.8 Å². The molecular weight excluding hydrogens is 548 g/mol. The first kappa shape index (κ1) is 30.2. The van der Waals surface area contributed by atoms with Gasteiger partial charge in [-0.1, -0.05) is 49.0 Å². The van der Waals surface area contributed by atoms with Crippen molar-refractivity contribution in [3.8, 4) is 0 Å². The summed E-state index contributed by atoms with van der Waals surface area (Å²) < 4.78 is 35.4. The fourth-order valence-corrected chi connectivity index (χ4v) is 7.20. The van der Waals surface area contributed by atoms with Crippen LogP contribution in [0.15, 0.2) is 64.6 Å². The molecule has 12 heteroatoms. The Morgan fingerprint density at radius 1 is 1.07 bits per heavy atom. The number of sulfonamides is 1. The van der Waals surface area contributed by atoms with Gasteiger partial charge in [-0.15, -0.1) is 10.2 Å². The van der Waals surface area contributed by atoms with E-state index in [9.17, 15) is 13.2 Å². The SMILES string of the molecule is CC[C@H](c1nnc(SCC(=O)Nc2ccc(S(=O)(=O)N3C[C@@H](C)O[C@@H](C)C3)cc2)n1Cc1ccccc1)N(C)C. The lowest BCUT2D eigenvalue weighted by atomic mass is 10.2. The van der Waals surface area contributed by atoms with Gasteiger partial charge in [-0.3, -0.25) is 9.69 Å². The molecule has 3 atom stereocenters. The van der Waals surface area contributed by atoms with Crippen LogP contribution in [0.2, 0.25) is 0 Å². The van der Waals surface area contributed by atoms with Crippen molar-refractivity contribution >= 4 is 33.4 Å². The smallest absolute Gasteiger partial charge is 0.243 e. The number of hydrogen-bond donors (Lipinski definition) is 1. The van der Waals surface area contributed by atoms with E-state index in [4.69, 9.17) is 4.74 Å². The molecule has 0 radical (unpaired) electrons. The van der Waals surface area contributed by atoms with Gasteiger partial charge in [0.25, 0.3) is 0 Å². The van der Waals surface area contributed by atoms with Gasteiger partial charge in [0, 0.05) is 18.8 Å². The van der Waals surface area contributed by atoms with Crippen LogP contribution in [0.1, 0.15) is 44.6 Å². The van der Waals surface area contributed by atoms with Crippen molar-refractivity contribution in [2.45, 2.75) is 62.0 Å². The molecule has 216 valence electrons. The van der Waals surface area contributed by atoms with E-state index in [0.29, 0.717) is 30.5 Å². The maximum atomic E-state index is 13.1. The number of amides is 1. The van der Waals surface area contributed by atoms with Crippen molar-refractivity contribution in [2.75, 3.05) is 38.3 Å². The molecule has 1 saturated heterocycles. The van der Waals surface area contributed by atoms with E-state index >= 15 is 0 Å². The largest absolute Gasteiger partial charge is 0.373 e. The first-order chi connectivity index (χ1) is 19.1. The standard InChI is InChI=1S/C28H38N6O4S2/c1-6-25(32(4)5)27-30-31-28(34(27)18-22-10-8-7-9-11-22)39-19-26(35)29-23-12-14-24(15-13-23)40(36,37)33-16-20(2)38-21(3)17-33/h7-15,20-21,25H,6,16-19H2,1-5H3,(H,29,35)/t20-,21+,25-/m1/s1. The normalized spacial score (nSPS) is 19.1. The molecule has 1 aliphatic rings. The van der Waals surface area contributed by atoms with E-state index in [0.717, 1.165) is 17.8 Å². The van der Waals surface area contributed by atoms with Crippen LogP contribution in [-0.4, -0.2) is 83.4 Å². The second-order valence-corrected chi connectivity index (χ2v) is 13.1. The minimum atomic E-state index is -3.65. The highest BCUT2D eigenvalue weighted by Gasteiger charge is 2.32. The Labute approximate surface area is 241 Å². The molecule has 4 rings (SSSR count). The maximum absolute atomic E-state index is 13.1. The minimum absolute atomic E-state index is 0.0954. The van der Waals surface area contributed by atoms with Gasteiger partial charge < -0.3 is 14.6 Å². The van der Waals surface area contributed by atoms with E-state index in [1.807, 2.05) is 46.1 Å². The fourth-order valence-electron chi connectivity index (χ4n) is 4.86. The number of aromatic nitrogens is 3. The highest BCUT2D eigenvalue weighted by Crippen LogP contribution is 2.27. The van der Waals surface area contributed by atoms with E-state index < -0.39 is 10.0 Å². The second kappa shape index (κ2) is 13.3. The van der Waals surface area contributed by atoms with E-state index in [-0.39, 0.29) is 34.8 Å². The number of hydrogen-bond acceptors (Lipinski definition) is 8. The Hall–Kier alpha value is -2.77. The quantitative estimate of drug-likeness (QED) is 0.338. The molecule has 0 spiro atoms. The molecule has 1 aliphatic heterocycles. The summed E-state index contributed by atoms with van der Waals surface area (Å²) in [6.07, 6.45) is 0.542. The summed E-state index contributed by atoms with van der Waals surface area (Å²) >= 11 is 1.33. The van der Waals surface area contributed by atoms with Gasteiger partial charge >= 0.3 is 0 Å². The molecule has 1 fully saturated rings. The molecule has 40 heavy (non-hydrogen) atoms. The molecule has 1 amide bonds. The van der Waals surface area contributed by atoms with Crippen molar-refractivity contribution in [3.63, 3.8) is 0 Å². The number of carbonyl (C=O) groups excluding carboxylic acids is 1. The third-order valence-electron chi connectivity index (χ3n) is 6.73. The zero-order chi connectivity index (χ0) is 28.9. The van der Waals surface area contributed by atoms with Crippen molar-refractivity contribution in [1.82, 2.24) is 24.0 Å². The lowest BCUT2D eigenvalue weighted by Crippen LogP contribution is -2.48. The predicted octanol–water partition coefficient (Wildman–Crippen LogP) is 3.87. The van der Waals surface area contributed by atoms with Gasteiger partial charge in [0.2, 0.25) is 15.9 Å². The Bertz CT molecular complexity index is 1370. The summed E-state index contributed by atoms with van der Waals surface area (Å²) in [5.74, 6) is 0.780. The van der Waals surface area contributed by atoms with Gasteiger partial charge in [0.05, 0.1) is 35.4 Å². The molecule has 1 N–H and O–H groups in total. The van der Waals surface area contributed by atoms with Crippen LogP contribution < -0.4 is 5.32 Å². The fraction of sp³-hybridized carbons (Fsp3) is 0.464. The summed E-state index contributed by atoms with van der Waals surface area (Å²) in [5, 5.41) is 12.5. The van der Waals surface area contributed by atoms with E-state index in [2.05, 4.69) is 44.0 Å². The maximum Gasteiger partial charge on any atom is 0.243 e. The Morgan fingerprint density at radius 3 is 2.33 bits per heavy atom. The van der Waals surface area contributed by atoms with E-state index in [1.165, 1.54) is 28.2 Å². The molecule has 1 aromatic heterocycles. The zero-order valence-corrected chi connectivity index (χ0v) is 25.3. The number of ether oxygens (including phenoxy) is 1. The Balaban J connectivity index is 1.42. The van der Waals surface area contributed by atoms with Crippen LogP contribution in [0.5, 0.6) is 0 Å². The van der Waals surface area contributed by atoms with Gasteiger partial charge in [-0.25, -0.2) is 8.42 Å². The number of rotatable bonds is 11.